The summed E-state index contributed by atoms with van der Waals surface area (Å²) in [4.78, 5) is 4.34. The minimum atomic E-state index is -0.0946. The van der Waals surface area contributed by atoms with Crippen molar-refractivity contribution in [1.29, 1.82) is 0 Å². The van der Waals surface area contributed by atoms with E-state index in [4.69, 9.17) is 27.3 Å². The van der Waals surface area contributed by atoms with E-state index >= 15 is 0 Å². The number of benzene rings is 1. The van der Waals surface area contributed by atoms with E-state index in [-0.39, 0.29) is 12.4 Å². The molecule has 0 radical (unpaired) electrons. The molecule has 2 aromatic rings. The first-order chi connectivity index (χ1) is 9.61. The minimum Gasteiger partial charge on any atom is -0.486 e. The lowest BCUT2D eigenvalue weighted by molar-refractivity contribution is 0.298. The second-order valence-electron chi connectivity index (χ2n) is 4.16. The van der Waals surface area contributed by atoms with Crippen molar-refractivity contribution in [3.63, 3.8) is 0 Å². The number of halogens is 1. The molecule has 5 nitrogen and oxygen atoms in total. The Kier molecular flexibility index (Phi) is 4.42. The van der Waals surface area contributed by atoms with Crippen LogP contribution in [0.2, 0.25) is 5.02 Å². The highest BCUT2D eigenvalue weighted by Crippen LogP contribution is 2.26. The third kappa shape index (κ3) is 3.19. The first-order valence-electron chi connectivity index (χ1n) is 5.93. The molecule has 6 heteroatoms. The molecule has 2 rings (SSSR count). The van der Waals surface area contributed by atoms with Gasteiger partial charge in [-0.05, 0) is 31.2 Å². The first kappa shape index (κ1) is 14.1. The van der Waals surface area contributed by atoms with E-state index in [9.17, 15) is 0 Å². The first-order valence-corrected chi connectivity index (χ1v) is 6.31. The second kappa shape index (κ2) is 6.25. The van der Waals surface area contributed by atoms with Crippen LogP contribution in [-0.2, 0) is 6.61 Å². The molecule has 0 aliphatic heterocycles. The zero-order valence-corrected chi connectivity index (χ0v) is 11.6. The molecule has 0 bridgehead atoms. The van der Waals surface area contributed by atoms with Crippen LogP contribution in [0.1, 0.15) is 17.0 Å². The van der Waals surface area contributed by atoms with Gasteiger partial charge in [-0.1, -0.05) is 28.9 Å². The van der Waals surface area contributed by atoms with Gasteiger partial charge in [-0.15, -0.1) is 0 Å². The van der Waals surface area contributed by atoms with Crippen molar-refractivity contribution >= 4 is 17.4 Å². The average molecular weight is 292 g/mol. The van der Waals surface area contributed by atoms with E-state index in [2.05, 4.69) is 10.1 Å². The molecule has 20 heavy (non-hydrogen) atoms. The summed E-state index contributed by atoms with van der Waals surface area (Å²) in [6.45, 7) is 2.18. The van der Waals surface area contributed by atoms with Gasteiger partial charge in [-0.2, -0.15) is 0 Å². The van der Waals surface area contributed by atoms with Gasteiger partial charge >= 0.3 is 0 Å². The van der Waals surface area contributed by atoms with Crippen LogP contribution in [0.15, 0.2) is 41.6 Å². The van der Waals surface area contributed by atoms with Crippen LogP contribution in [0.4, 0.5) is 0 Å². The molecule has 0 aliphatic carbocycles. The Balaban J connectivity index is 2.24. The molecule has 0 saturated heterocycles. The van der Waals surface area contributed by atoms with Gasteiger partial charge < -0.3 is 15.7 Å². The quantitative estimate of drug-likeness (QED) is 0.393. The van der Waals surface area contributed by atoms with E-state index in [0.717, 1.165) is 11.4 Å². The molecule has 0 saturated carbocycles. The summed E-state index contributed by atoms with van der Waals surface area (Å²) >= 11 is 6.04. The van der Waals surface area contributed by atoms with Crippen LogP contribution < -0.4 is 10.5 Å². The fraction of sp³-hybridized carbons (Fsp3) is 0.143. The Bertz CT molecular complexity index is 644. The van der Waals surface area contributed by atoms with Crippen LogP contribution in [-0.4, -0.2) is 16.0 Å². The van der Waals surface area contributed by atoms with E-state index in [0.29, 0.717) is 16.3 Å². The molecule has 0 aliphatic rings. The minimum absolute atomic E-state index is 0.0946. The Morgan fingerprint density at radius 2 is 2.10 bits per heavy atom. The standard InChI is InChI=1S/C14H14ClN3O2/c1-9-4-2-5-10(17-9)8-20-12-7-3-6-11(15)13(12)14(16)18-19/h2-7,19H,8H2,1H3,(H2,16,18). The predicted octanol–water partition coefficient (Wildman–Crippen LogP) is 2.72. The molecule has 0 atom stereocenters. The van der Waals surface area contributed by atoms with Gasteiger partial charge in [-0.3, -0.25) is 4.98 Å². The number of nitrogens with two attached hydrogens (primary N) is 1. The van der Waals surface area contributed by atoms with Crippen molar-refractivity contribution in [2.45, 2.75) is 13.5 Å². The summed E-state index contributed by atoms with van der Waals surface area (Å²) < 4.78 is 5.66. The van der Waals surface area contributed by atoms with Crippen LogP contribution >= 0.6 is 11.6 Å². The smallest absolute Gasteiger partial charge is 0.175 e. The average Bonchev–Trinajstić information content (AvgIpc) is 2.44. The fourth-order valence-electron chi connectivity index (χ4n) is 1.75. The number of aryl methyl sites for hydroxylation is 1. The van der Waals surface area contributed by atoms with Gasteiger partial charge in [0.2, 0.25) is 0 Å². The molecule has 3 N–H and O–H groups in total. The van der Waals surface area contributed by atoms with Crippen molar-refractivity contribution in [2.24, 2.45) is 10.9 Å². The van der Waals surface area contributed by atoms with Gasteiger partial charge in [0.15, 0.2) is 5.84 Å². The number of ether oxygens (including phenoxy) is 1. The van der Waals surface area contributed by atoms with Crippen LogP contribution in [0, 0.1) is 6.92 Å². The number of nitrogens with zero attached hydrogens (tertiary/aromatic N) is 2. The maximum absolute atomic E-state index is 8.80. The third-order valence-electron chi connectivity index (χ3n) is 2.66. The Morgan fingerprint density at radius 1 is 1.35 bits per heavy atom. The molecule has 0 spiro atoms. The molecule has 1 aromatic heterocycles. The Labute approximate surface area is 121 Å². The van der Waals surface area contributed by atoms with E-state index in [1.165, 1.54) is 0 Å². The van der Waals surface area contributed by atoms with E-state index < -0.39 is 0 Å². The molecular formula is C14H14ClN3O2. The summed E-state index contributed by atoms with van der Waals surface area (Å²) in [6, 6.07) is 10.8. The van der Waals surface area contributed by atoms with Gasteiger partial charge in [0.25, 0.3) is 0 Å². The number of hydrogen-bond donors (Lipinski definition) is 2. The van der Waals surface area contributed by atoms with Gasteiger partial charge in [0, 0.05) is 5.69 Å². The van der Waals surface area contributed by atoms with Crippen LogP contribution in [0.25, 0.3) is 0 Å². The lowest BCUT2D eigenvalue weighted by Crippen LogP contribution is -2.15. The van der Waals surface area contributed by atoms with Crippen molar-refractivity contribution in [3.05, 3.63) is 58.4 Å². The topological polar surface area (TPSA) is 80.7 Å². The predicted molar refractivity (Wildman–Crippen MR) is 77.3 cm³/mol. The van der Waals surface area contributed by atoms with Gasteiger partial charge in [0.05, 0.1) is 16.3 Å². The van der Waals surface area contributed by atoms with Crippen molar-refractivity contribution in [2.75, 3.05) is 0 Å². The highest BCUT2D eigenvalue weighted by Gasteiger charge is 2.13. The van der Waals surface area contributed by atoms with Crippen molar-refractivity contribution < 1.29 is 9.94 Å². The maximum Gasteiger partial charge on any atom is 0.175 e. The van der Waals surface area contributed by atoms with E-state index in [1.807, 2.05) is 25.1 Å². The highest BCUT2D eigenvalue weighted by atomic mass is 35.5. The van der Waals surface area contributed by atoms with Crippen molar-refractivity contribution in [3.8, 4) is 5.75 Å². The number of rotatable bonds is 4. The maximum atomic E-state index is 8.80. The Morgan fingerprint density at radius 3 is 2.80 bits per heavy atom. The molecule has 0 fully saturated rings. The summed E-state index contributed by atoms with van der Waals surface area (Å²) in [5, 5.41) is 12.1. The largest absolute Gasteiger partial charge is 0.486 e. The normalized spacial score (nSPS) is 11.4. The summed E-state index contributed by atoms with van der Waals surface area (Å²) in [7, 11) is 0. The number of pyridine rings is 1. The fourth-order valence-corrected chi connectivity index (χ4v) is 2.02. The zero-order chi connectivity index (χ0) is 14.5. The molecule has 0 amide bonds. The van der Waals surface area contributed by atoms with Crippen molar-refractivity contribution in [1.82, 2.24) is 4.98 Å². The SMILES string of the molecule is Cc1cccc(COc2cccc(Cl)c2/C(N)=N/O)n1. The number of amidine groups is 1. The molecule has 1 aromatic carbocycles. The number of hydrogen-bond acceptors (Lipinski definition) is 4. The Hall–Kier alpha value is -2.27. The van der Waals surface area contributed by atoms with Gasteiger partial charge in [-0.25, -0.2) is 0 Å². The molecule has 104 valence electrons. The number of aromatic nitrogens is 1. The molecule has 1 heterocycles. The summed E-state index contributed by atoms with van der Waals surface area (Å²) in [5.41, 5.74) is 7.67. The second-order valence-corrected chi connectivity index (χ2v) is 4.56. The lowest BCUT2D eigenvalue weighted by atomic mass is 10.2. The third-order valence-corrected chi connectivity index (χ3v) is 2.98. The summed E-state index contributed by atoms with van der Waals surface area (Å²) in [6.07, 6.45) is 0. The molecule has 0 unspecified atom stereocenters. The monoisotopic (exact) mass is 291 g/mol. The van der Waals surface area contributed by atoms with Crippen LogP contribution in [0.5, 0.6) is 5.75 Å². The highest BCUT2D eigenvalue weighted by molar-refractivity contribution is 6.34. The van der Waals surface area contributed by atoms with Crippen LogP contribution in [0.3, 0.4) is 0 Å². The lowest BCUT2D eigenvalue weighted by Gasteiger charge is -2.11. The molecular weight excluding hydrogens is 278 g/mol. The number of oxime groups is 1. The van der Waals surface area contributed by atoms with Gasteiger partial charge in [0.1, 0.15) is 12.4 Å². The van der Waals surface area contributed by atoms with E-state index in [1.54, 1.807) is 18.2 Å². The summed E-state index contributed by atoms with van der Waals surface area (Å²) in [5.74, 6) is 0.346. The zero-order valence-electron chi connectivity index (χ0n) is 10.9.